The van der Waals surface area contributed by atoms with E-state index in [9.17, 15) is 4.79 Å². The van der Waals surface area contributed by atoms with Gasteiger partial charge in [-0.1, -0.05) is 55.8 Å². The lowest BCUT2D eigenvalue weighted by Crippen LogP contribution is -2.38. The molecular weight excluding hydrogens is 350 g/mol. The number of ketones is 1. The largest absolute Gasteiger partial charge is 0.313 e. The summed E-state index contributed by atoms with van der Waals surface area (Å²) in [7, 11) is 0. The maximum atomic E-state index is 12.0. The van der Waals surface area contributed by atoms with Crippen LogP contribution >= 0.6 is 15.9 Å². The zero-order chi connectivity index (χ0) is 17.5. The summed E-state index contributed by atoms with van der Waals surface area (Å²) in [5.74, 6) is 0.203. The van der Waals surface area contributed by atoms with Crippen molar-refractivity contribution in [1.29, 1.82) is 0 Å². The van der Waals surface area contributed by atoms with Crippen LogP contribution < -0.4 is 5.32 Å². The van der Waals surface area contributed by atoms with Gasteiger partial charge >= 0.3 is 0 Å². The number of rotatable bonds is 5. The average Bonchev–Trinajstić information content (AvgIpc) is 2.52. The molecule has 2 rings (SSSR count). The molecule has 1 unspecified atom stereocenters. The van der Waals surface area contributed by atoms with Crippen molar-refractivity contribution in [2.45, 2.75) is 72.3 Å². The quantitative estimate of drug-likeness (QED) is 0.707. The van der Waals surface area contributed by atoms with Crippen molar-refractivity contribution in [3.63, 3.8) is 0 Å². The van der Waals surface area contributed by atoms with Gasteiger partial charge in [0.15, 0.2) is 0 Å². The van der Waals surface area contributed by atoms with Crippen molar-refractivity contribution in [3.05, 3.63) is 34.3 Å². The molecule has 0 aliphatic heterocycles. The summed E-state index contributed by atoms with van der Waals surface area (Å²) < 4.78 is 1.05. The zero-order valence-electron chi connectivity index (χ0n) is 15.3. The summed E-state index contributed by atoms with van der Waals surface area (Å²) in [5.41, 5.74) is 1.60. The molecule has 1 aromatic rings. The van der Waals surface area contributed by atoms with E-state index in [1.165, 1.54) is 25.7 Å². The molecule has 1 saturated carbocycles. The molecule has 3 heteroatoms. The van der Waals surface area contributed by atoms with Gasteiger partial charge in [0.05, 0.1) is 5.92 Å². The maximum Gasteiger partial charge on any atom is 0.138 e. The van der Waals surface area contributed by atoms with Gasteiger partial charge in [-0.25, -0.2) is 0 Å². The first-order valence-electron chi connectivity index (χ1n) is 8.87. The van der Waals surface area contributed by atoms with E-state index in [2.05, 4.69) is 35.1 Å². The highest BCUT2D eigenvalue weighted by atomic mass is 79.9. The predicted octanol–water partition coefficient (Wildman–Crippen LogP) is 5.71. The molecule has 1 N–H and O–H groups in total. The van der Waals surface area contributed by atoms with E-state index in [4.69, 9.17) is 0 Å². The van der Waals surface area contributed by atoms with Gasteiger partial charge in [-0.15, -0.1) is 0 Å². The van der Waals surface area contributed by atoms with Crippen molar-refractivity contribution >= 4 is 21.7 Å². The van der Waals surface area contributed by atoms with Crippen LogP contribution in [0.3, 0.4) is 0 Å². The molecule has 0 saturated heterocycles. The number of carbonyl (C=O) groups excluding carboxylic acids is 1. The van der Waals surface area contributed by atoms with Crippen LogP contribution in [-0.2, 0) is 4.79 Å². The van der Waals surface area contributed by atoms with E-state index >= 15 is 0 Å². The predicted molar refractivity (Wildman–Crippen MR) is 103 cm³/mol. The van der Waals surface area contributed by atoms with Gasteiger partial charge < -0.3 is 5.32 Å². The first-order valence-corrected chi connectivity index (χ1v) is 9.66. The lowest BCUT2D eigenvalue weighted by Gasteiger charge is -2.35. The van der Waals surface area contributed by atoms with Gasteiger partial charge in [0.1, 0.15) is 5.78 Å². The number of Topliss-reactive ketones (excluding diaryl/α,β-unsaturated/α-hetero) is 1. The fraction of sp³-hybridized carbons (Fsp3) is 0.650. The fourth-order valence-corrected chi connectivity index (χ4v) is 3.34. The van der Waals surface area contributed by atoms with E-state index in [0.29, 0.717) is 11.5 Å². The van der Waals surface area contributed by atoms with Gasteiger partial charge in [-0.05, 0) is 55.7 Å². The van der Waals surface area contributed by atoms with E-state index in [1.807, 2.05) is 38.1 Å². The Bertz CT molecular complexity index is 471. The second-order valence-corrected chi connectivity index (χ2v) is 7.98. The van der Waals surface area contributed by atoms with E-state index in [0.717, 1.165) is 16.6 Å². The van der Waals surface area contributed by atoms with Crippen LogP contribution in [0.4, 0.5) is 0 Å². The van der Waals surface area contributed by atoms with Crippen LogP contribution in [0.25, 0.3) is 0 Å². The molecule has 0 amide bonds. The van der Waals surface area contributed by atoms with Crippen LogP contribution in [0.2, 0.25) is 0 Å². The molecule has 1 atom stereocenters. The Kier molecular flexibility index (Phi) is 8.49. The Morgan fingerprint density at radius 3 is 2.22 bits per heavy atom. The Balaban J connectivity index is 0.00000127. The van der Waals surface area contributed by atoms with Gasteiger partial charge in [-0.3, -0.25) is 4.79 Å². The Morgan fingerprint density at radius 2 is 1.74 bits per heavy atom. The molecule has 1 aromatic carbocycles. The van der Waals surface area contributed by atoms with Crippen molar-refractivity contribution in [1.82, 2.24) is 5.32 Å². The van der Waals surface area contributed by atoms with Crippen LogP contribution in [0, 0.1) is 5.41 Å². The third-order valence-electron chi connectivity index (χ3n) is 4.71. The topological polar surface area (TPSA) is 29.1 Å². The molecule has 1 fully saturated rings. The van der Waals surface area contributed by atoms with Crippen molar-refractivity contribution in [2.75, 3.05) is 6.54 Å². The second kappa shape index (κ2) is 9.58. The minimum absolute atomic E-state index is 0.0342. The number of carbonyl (C=O) groups is 1. The summed E-state index contributed by atoms with van der Waals surface area (Å²) in [5, 5.41) is 3.62. The summed E-state index contributed by atoms with van der Waals surface area (Å²) in [6.07, 6.45) is 4.98. The maximum absolute atomic E-state index is 12.0. The smallest absolute Gasteiger partial charge is 0.138 e. The molecule has 130 valence electrons. The highest BCUT2D eigenvalue weighted by molar-refractivity contribution is 9.10. The Labute approximate surface area is 150 Å². The fourth-order valence-electron chi connectivity index (χ4n) is 3.08. The minimum atomic E-state index is -0.0342. The van der Waals surface area contributed by atoms with Crippen LogP contribution in [0.5, 0.6) is 0 Å². The molecule has 2 nitrogen and oxygen atoms in total. The number of hydrogen-bond donors (Lipinski definition) is 1. The van der Waals surface area contributed by atoms with Gasteiger partial charge in [0.25, 0.3) is 0 Å². The molecule has 1 aliphatic carbocycles. The second-order valence-electron chi connectivity index (χ2n) is 7.06. The van der Waals surface area contributed by atoms with Crippen LogP contribution in [-0.4, -0.2) is 18.4 Å². The highest BCUT2D eigenvalue weighted by Crippen LogP contribution is 2.35. The third-order valence-corrected chi connectivity index (χ3v) is 5.24. The summed E-state index contributed by atoms with van der Waals surface area (Å²) in [6.45, 7) is 11.1. The van der Waals surface area contributed by atoms with E-state index in [-0.39, 0.29) is 11.7 Å². The summed E-state index contributed by atoms with van der Waals surface area (Å²) in [4.78, 5) is 12.0. The lowest BCUT2D eigenvalue weighted by atomic mass is 9.75. The molecule has 0 heterocycles. The zero-order valence-corrected chi connectivity index (χ0v) is 16.9. The van der Waals surface area contributed by atoms with E-state index in [1.54, 1.807) is 6.92 Å². The average molecular weight is 382 g/mol. The number of benzene rings is 1. The number of hydrogen-bond acceptors (Lipinski definition) is 2. The molecule has 0 spiro atoms. The molecule has 23 heavy (non-hydrogen) atoms. The van der Waals surface area contributed by atoms with Gasteiger partial charge in [0, 0.05) is 17.1 Å². The monoisotopic (exact) mass is 381 g/mol. The number of halogens is 1. The van der Waals surface area contributed by atoms with Gasteiger partial charge in [0.2, 0.25) is 0 Å². The van der Waals surface area contributed by atoms with Crippen molar-refractivity contribution in [2.24, 2.45) is 5.41 Å². The Hall–Kier alpha value is -0.670. The summed E-state index contributed by atoms with van der Waals surface area (Å²) >= 11 is 3.44. The Morgan fingerprint density at radius 1 is 1.22 bits per heavy atom. The van der Waals surface area contributed by atoms with Gasteiger partial charge in [-0.2, -0.15) is 0 Å². The normalized spacial score (nSPS) is 18.7. The minimum Gasteiger partial charge on any atom is -0.313 e. The first-order chi connectivity index (χ1) is 10.9. The molecule has 0 aromatic heterocycles. The van der Waals surface area contributed by atoms with Crippen molar-refractivity contribution in [3.8, 4) is 0 Å². The van der Waals surface area contributed by atoms with Crippen LogP contribution in [0.15, 0.2) is 28.7 Å². The highest BCUT2D eigenvalue weighted by Gasteiger charge is 2.27. The molecule has 0 bridgehead atoms. The molecule has 1 aliphatic rings. The SMILES string of the molecule is CC.CC(=O)C(CNC1CCC(C)(C)CC1)c1ccc(Br)cc1. The number of nitrogens with one attached hydrogen (secondary N) is 1. The third kappa shape index (κ3) is 6.76. The summed E-state index contributed by atoms with van der Waals surface area (Å²) in [6, 6.07) is 8.67. The molecule has 0 radical (unpaired) electrons. The van der Waals surface area contributed by atoms with E-state index < -0.39 is 0 Å². The standard InChI is InChI=1S/C18H26BrNO.C2H6/c1-13(21)17(14-4-6-15(19)7-5-14)12-20-16-8-10-18(2,3)11-9-16;1-2/h4-7,16-17,20H,8-12H2,1-3H3;1-2H3. The van der Waals surface area contributed by atoms with Crippen molar-refractivity contribution < 1.29 is 4.79 Å². The molecular formula is C20H32BrNO. The lowest BCUT2D eigenvalue weighted by molar-refractivity contribution is -0.118. The van der Waals surface area contributed by atoms with Crippen LogP contribution in [0.1, 0.15) is 71.8 Å². The first kappa shape index (κ1) is 20.4.